The molecular formula is C14H19N5O2. The van der Waals surface area contributed by atoms with Gasteiger partial charge in [-0.05, 0) is 19.3 Å². The zero-order valence-corrected chi connectivity index (χ0v) is 11.8. The van der Waals surface area contributed by atoms with Crippen LogP contribution >= 0.6 is 0 Å². The van der Waals surface area contributed by atoms with Crippen molar-refractivity contribution in [2.45, 2.75) is 31.8 Å². The van der Waals surface area contributed by atoms with Crippen molar-refractivity contribution in [3.8, 4) is 0 Å². The van der Waals surface area contributed by atoms with Crippen LogP contribution in [-0.2, 0) is 11.3 Å². The molecule has 1 aromatic heterocycles. The van der Waals surface area contributed by atoms with Gasteiger partial charge in [0, 0.05) is 32.4 Å². The number of likely N-dealkylation sites (tertiary alicyclic amines) is 1. The number of nitrogens with zero attached hydrogens (tertiary/aromatic N) is 3. The smallest absolute Gasteiger partial charge is 0.274 e. The normalized spacial score (nSPS) is 27.6. The van der Waals surface area contributed by atoms with Crippen LogP contribution in [0.2, 0.25) is 0 Å². The van der Waals surface area contributed by atoms with Gasteiger partial charge in [0.1, 0.15) is 5.69 Å². The number of imidazole rings is 1. The Balaban J connectivity index is 1.59. The SMILES string of the molecule is O=C1NCC2C1CCCN2C(=O)c1cn2c(n1)NCCC2. The molecule has 4 heterocycles. The predicted octanol–water partition coefficient (Wildman–Crippen LogP) is 0.0493. The number of fused-ring (bicyclic) bond motifs is 2. The Labute approximate surface area is 122 Å². The van der Waals surface area contributed by atoms with Gasteiger partial charge in [-0.25, -0.2) is 4.98 Å². The first kappa shape index (κ1) is 12.7. The van der Waals surface area contributed by atoms with Crippen LogP contribution in [0, 0.1) is 5.92 Å². The van der Waals surface area contributed by atoms with Crippen molar-refractivity contribution in [3.05, 3.63) is 11.9 Å². The molecule has 2 atom stereocenters. The van der Waals surface area contributed by atoms with Crippen molar-refractivity contribution in [2.75, 3.05) is 25.0 Å². The molecular weight excluding hydrogens is 270 g/mol. The highest BCUT2D eigenvalue weighted by atomic mass is 16.2. The van der Waals surface area contributed by atoms with Crippen LogP contribution in [0.15, 0.2) is 6.20 Å². The third-order valence-electron chi connectivity index (χ3n) is 4.72. The summed E-state index contributed by atoms with van der Waals surface area (Å²) in [6.45, 7) is 3.08. The molecule has 0 spiro atoms. The Morgan fingerprint density at radius 3 is 3.05 bits per heavy atom. The molecule has 3 aliphatic heterocycles. The summed E-state index contributed by atoms with van der Waals surface area (Å²) in [5.41, 5.74) is 0.486. The molecule has 3 aliphatic rings. The predicted molar refractivity (Wildman–Crippen MR) is 75.9 cm³/mol. The van der Waals surface area contributed by atoms with Gasteiger partial charge in [-0.2, -0.15) is 0 Å². The minimum absolute atomic E-state index is 0.00885. The molecule has 0 aromatic carbocycles. The van der Waals surface area contributed by atoms with Gasteiger partial charge < -0.3 is 20.1 Å². The van der Waals surface area contributed by atoms with Gasteiger partial charge in [0.2, 0.25) is 11.9 Å². The van der Waals surface area contributed by atoms with E-state index < -0.39 is 0 Å². The van der Waals surface area contributed by atoms with E-state index in [-0.39, 0.29) is 23.8 Å². The molecule has 0 radical (unpaired) electrons. The lowest BCUT2D eigenvalue weighted by atomic mass is 9.91. The quantitative estimate of drug-likeness (QED) is 0.765. The zero-order valence-electron chi connectivity index (χ0n) is 11.8. The van der Waals surface area contributed by atoms with Crippen molar-refractivity contribution in [1.82, 2.24) is 19.8 Å². The standard InChI is InChI=1S/C14H19N5O2/c20-12-9-3-1-6-19(11(9)7-16-12)13(21)10-8-18-5-2-4-15-14(18)17-10/h8-9,11H,1-7H2,(H,15,17)(H,16,20). The van der Waals surface area contributed by atoms with Crippen molar-refractivity contribution >= 4 is 17.8 Å². The van der Waals surface area contributed by atoms with E-state index in [0.29, 0.717) is 18.8 Å². The molecule has 112 valence electrons. The Kier molecular flexibility index (Phi) is 2.87. The maximum Gasteiger partial charge on any atom is 0.274 e. The second-order valence-electron chi connectivity index (χ2n) is 5.98. The average Bonchev–Trinajstić information content (AvgIpc) is 3.10. The summed E-state index contributed by atoms with van der Waals surface area (Å²) in [5, 5.41) is 6.08. The number of amides is 2. The van der Waals surface area contributed by atoms with E-state index in [0.717, 1.165) is 38.3 Å². The Morgan fingerprint density at radius 2 is 2.19 bits per heavy atom. The van der Waals surface area contributed by atoms with Crippen molar-refractivity contribution < 1.29 is 9.59 Å². The Morgan fingerprint density at radius 1 is 1.29 bits per heavy atom. The number of carbonyl (C=O) groups excluding carboxylic acids is 2. The minimum atomic E-state index is -0.0510. The molecule has 7 nitrogen and oxygen atoms in total. The van der Waals surface area contributed by atoms with Crippen LogP contribution in [-0.4, -0.2) is 51.9 Å². The molecule has 2 N–H and O–H groups in total. The summed E-state index contributed by atoms with van der Waals surface area (Å²) in [6, 6.07) is -0.00885. The summed E-state index contributed by atoms with van der Waals surface area (Å²) in [5.74, 6) is 0.769. The van der Waals surface area contributed by atoms with Crippen molar-refractivity contribution in [2.24, 2.45) is 5.92 Å². The van der Waals surface area contributed by atoms with Crippen LogP contribution in [0.1, 0.15) is 29.8 Å². The lowest BCUT2D eigenvalue weighted by Gasteiger charge is -2.35. The lowest BCUT2D eigenvalue weighted by Crippen LogP contribution is -2.48. The van der Waals surface area contributed by atoms with Gasteiger partial charge in [0.05, 0.1) is 12.0 Å². The fraction of sp³-hybridized carbons (Fsp3) is 0.643. The first-order chi connectivity index (χ1) is 10.2. The summed E-state index contributed by atoms with van der Waals surface area (Å²) < 4.78 is 2.00. The van der Waals surface area contributed by atoms with E-state index in [1.54, 1.807) is 0 Å². The number of aryl methyl sites for hydroxylation is 1. The molecule has 2 saturated heterocycles. The van der Waals surface area contributed by atoms with E-state index in [9.17, 15) is 9.59 Å². The monoisotopic (exact) mass is 289 g/mol. The van der Waals surface area contributed by atoms with Crippen LogP contribution in [0.25, 0.3) is 0 Å². The van der Waals surface area contributed by atoms with E-state index in [2.05, 4.69) is 15.6 Å². The van der Waals surface area contributed by atoms with Gasteiger partial charge in [-0.3, -0.25) is 9.59 Å². The Hall–Kier alpha value is -2.05. The number of piperidine rings is 1. The number of carbonyl (C=O) groups is 2. The van der Waals surface area contributed by atoms with Crippen LogP contribution in [0.5, 0.6) is 0 Å². The number of hydrogen-bond donors (Lipinski definition) is 2. The molecule has 7 heteroatoms. The van der Waals surface area contributed by atoms with Crippen LogP contribution < -0.4 is 10.6 Å². The Bertz CT molecular complexity index is 573. The average molecular weight is 289 g/mol. The van der Waals surface area contributed by atoms with Gasteiger partial charge in [-0.1, -0.05) is 0 Å². The van der Waals surface area contributed by atoms with Crippen LogP contribution in [0.4, 0.5) is 5.95 Å². The van der Waals surface area contributed by atoms with Gasteiger partial charge in [0.15, 0.2) is 0 Å². The summed E-state index contributed by atoms with van der Waals surface area (Å²) in [6.07, 6.45) is 4.63. The zero-order chi connectivity index (χ0) is 14.4. The number of aromatic nitrogens is 2. The molecule has 2 unspecified atom stereocenters. The molecule has 2 fully saturated rings. The first-order valence-corrected chi connectivity index (χ1v) is 7.64. The maximum atomic E-state index is 12.8. The van der Waals surface area contributed by atoms with Gasteiger partial charge in [-0.15, -0.1) is 0 Å². The molecule has 0 aliphatic carbocycles. The molecule has 4 rings (SSSR count). The second kappa shape index (κ2) is 4.75. The van der Waals surface area contributed by atoms with Crippen molar-refractivity contribution in [3.63, 3.8) is 0 Å². The van der Waals surface area contributed by atoms with Gasteiger partial charge in [0.25, 0.3) is 5.91 Å². The topological polar surface area (TPSA) is 79.3 Å². The van der Waals surface area contributed by atoms with Gasteiger partial charge >= 0.3 is 0 Å². The largest absolute Gasteiger partial charge is 0.356 e. The van der Waals surface area contributed by atoms with E-state index in [4.69, 9.17) is 0 Å². The highest BCUT2D eigenvalue weighted by molar-refractivity contribution is 5.94. The summed E-state index contributed by atoms with van der Waals surface area (Å²) >= 11 is 0. The van der Waals surface area contributed by atoms with E-state index in [1.165, 1.54) is 0 Å². The van der Waals surface area contributed by atoms with E-state index in [1.807, 2.05) is 15.7 Å². The summed E-state index contributed by atoms with van der Waals surface area (Å²) in [4.78, 5) is 30.8. The molecule has 1 aromatic rings. The molecule has 2 amide bonds. The van der Waals surface area contributed by atoms with Crippen LogP contribution in [0.3, 0.4) is 0 Å². The molecule has 0 saturated carbocycles. The maximum absolute atomic E-state index is 12.8. The number of anilines is 1. The van der Waals surface area contributed by atoms with Crippen molar-refractivity contribution in [1.29, 1.82) is 0 Å². The fourth-order valence-electron chi connectivity index (χ4n) is 3.63. The third kappa shape index (κ3) is 1.99. The number of nitrogens with one attached hydrogen (secondary N) is 2. The van der Waals surface area contributed by atoms with E-state index >= 15 is 0 Å². The summed E-state index contributed by atoms with van der Waals surface area (Å²) in [7, 11) is 0. The molecule has 0 bridgehead atoms. The number of rotatable bonds is 1. The third-order valence-corrected chi connectivity index (χ3v) is 4.72. The number of hydrogen-bond acceptors (Lipinski definition) is 4. The highest BCUT2D eigenvalue weighted by Crippen LogP contribution is 2.28. The fourth-order valence-corrected chi connectivity index (χ4v) is 3.63. The minimum Gasteiger partial charge on any atom is -0.356 e. The first-order valence-electron chi connectivity index (χ1n) is 7.64. The molecule has 21 heavy (non-hydrogen) atoms. The lowest BCUT2D eigenvalue weighted by molar-refractivity contribution is -0.123. The highest BCUT2D eigenvalue weighted by Gasteiger charge is 2.43. The second-order valence-corrected chi connectivity index (χ2v) is 5.98.